The number of carbonyl (C=O) groups is 1. The molecule has 1 heterocycles. The number of aromatic nitrogens is 1. The van der Waals surface area contributed by atoms with Crippen LogP contribution in [0.15, 0.2) is 36.5 Å². The summed E-state index contributed by atoms with van der Waals surface area (Å²) in [6.45, 7) is 1.03. The standard InChI is InChI=1S/C18H21N3O2S/c1-24-9-8-20-16-6-2-12-10-14(4-5-15(12)16)23-17-7-3-13(11-21-17)18(19)22/h3-5,7,10-11,16,20H,2,6,8-9H2,1H3,(H2,19,22). The van der Waals surface area contributed by atoms with Gasteiger partial charge in [0.25, 0.3) is 0 Å². The second-order valence-corrected chi connectivity index (χ2v) is 6.74. The number of nitrogens with zero attached hydrogens (tertiary/aromatic N) is 1. The van der Waals surface area contributed by atoms with Gasteiger partial charge in [0.2, 0.25) is 11.8 Å². The van der Waals surface area contributed by atoms with Crippen LogP contribution < -0.4 is 15.8 Å². The number of pyridine rings is 1. The second kappa shape index (κ2) is 7.68. The highest BCUT2D eigenvalue weighted by Gasteiger charge is 2.22. The highest BCUT2D eigenvalue weighted by molar-refractivity contribution is 7.98. The van der Waals surface area contributed by atoms with Crippen LogP contribution in [0, 0.1) is 0 Å². The lowest BCUT2D eigenvalue weighted by Gasteiger charge is -2.14. The fourth-order valence-corrected chi connectivity index (χ4v) is 3.23. The Bertz CT molecular complexity index is 719. The van der Waals surface area contributed by atoms with Crippen LogP contribution in [0.2, 0.25) is 0 Å². The van der Waals surface area contributed by atoms with E-state index in [-0.39, 0.29) is 0 Å². The topological polar surface area (TPSA) is 77.2 Å². The largest absolute Gasteiger partial charge is 0.439 e. The van der Waals surface area contributed by atoms with E-state index in [0.717, 1.165) is 30.9 Å². The molecule has 3 N–H and O–H groups in total. The lowest BCUT2D eigenvalue weighted by atomic mass is 10.1. The van der Waals surface area contributed by atoms with Gasteiger partial charge < -0.3 is 15.8 Å². The molecule has 0 bridgehead atoms. The Balaban J connectivity index is 1.67. The lowest BCUT2D eigenvalue weighted by molar-refractivity contribution is 0.1000. The molecule has 1 aliphatic rings. The van der Waals surface area contributed by atoms with E-state index in [1.165, 1.54) is 17.3 Å². The number of primary amides is 1. The zero-order chi connectivity index (χ0) is 16.9. The average molecular weight is 343 g/mol. The molecule has 0 fully saturated rings. The number of rotatable bonds is 7. The number of thioether (sulfide) groups is 1. The first-order valence-corrected chi connectivity index (χ1v) is 9.35. The number of hydrogen-bond acceptors (Lipinski definition) is 5. The van der Waals surface area contributed by atoms with Gasteiger partial charge in [-0.15, -0.1) is 0 Å². The molecule has 2 aromatic rings. The Kier molecular flexibility index (Phi) is 5.37. The van der Waals surface area contributed by atoms with Gasteiger partial charge in [-0.2, -0.15) is 11.8 Å². The van der Waals surface area contributed by atoms with Gasteiger partial charge in [0, 0.05) is 30.6 Å². The van der Waals surface area contributed by atoms with Gasteiger partial charge in [-0.25, -0.2) is 4.98 Å². The number of nitrogens with two attached hydrogens (primary N) is 1. The number of hydrogen-bond donors (Lipinski definition) is 2. The molecular weight excluding hydrogens is 322 g/mol. The van der Waals surface area contributed by atoms with Crippen LogP contribution in [0.5, 0.6) is 11.6 Å². The number of benzene rings is 1. The number of aryl methyl sites for hydroxylation is 1. The van der Waals surface area contributed by atoms with Crippen LogP contribution in [0.4, 0.5) is 0 Å². The SMILES string of the molecule is CSCCNC1CCc2cc(Oc3ccc(C(N)=O)cn3)ccc21. The Morgan fingerprint density at radius 1 is 1.42 bits per heavy atom. The highest BCUT2D eigenvalue weighted by Crippen LogP contribution is 2.34. The molecule has 24 heavy (non-hydrogen) atoms. The molecule has 0 aliphatic heterocycles. The monoisotopic (exact) mass is 343 g/mol. The van der Waals surface area contributed by atoms with E-state index in [9.17, 15) is 4.79 Å². The molecule has 0 saturated carbocycles. The molecule has 1 unspecified atom stereocenters. The minimum atomic E-state index is -0.494. The minimum absolute atomic E-state index is 0.371. The maximum Gasteiger partial charge on any atom is 0.250 e. The number of carbonyl (C=O) groups excluding carboxylic acids is 1. The summed E-state index contributed by atoms with van der Waals surface area (Å²) in [6.07, 6.45) is 5.73. The van der Waals surface area contributed by atoms with Crippen molar-refractivity contribution in [2.45, 2.75) is 18.9 Å². The Hall–Kier alpha value is -2.05. The number of amides is 1. The molecule has 1 aromatic heterocycles. The fraction of sp³-hybridized carbons (Fsp3) is 0.333. The van der Waals surface area contributed by atoms with Crippen molar-refractivity contribution in [3.05, 3.63) is 53.2 Å². The summed E-state index contributed by atoms with van der Waals surface area (Å²) in [5, 5.41) is 3.61. The summed E-state index contributed by atoms with van der Waals surface area (Å²) < 4.78 is 5.79. The van der Waals surface area contributed by atoms with Crippen molar-refractivity contribution >= 4 is 17.7 Å². The average Bonchev–Trinajstić information content (AvgIpc) is 2.98. The third-order valence-electron chi connectivity index (χ3n) is 4.13. The smallest absolute Gasteiger partial charge is 0.250 e. The predicted octanol–water partition coefficient (Wildman–Crippen LogP) is 2.91. The highest BCUT2D eigenvalue weighted by atomic mass is 32.2. The van der Waals surface area contributed by atoms with Crippen molar-refractivity contribution in [2.24, 2.45) is 5.73 Å². The quantitative estimate of drug-likeness (QED) is 0.756. The second-order valence-electron chi connectivity index (χ2n) is 5.75. The van der Waals surface area contributed by atoms with Crippen LogP contribution >= 0.6 is 11.8 Å². The fourth-order valence-electron chi connectivity index (χ4n) is 2.91. The van der Waals surface area contributed by atoms with Crippen LogP contribution in [-0.4, -0.2) is 29.4 Å². The van der Waals surface area contributed by atoms with E-state index in [0.29, 0.717) is 17.5 Å². The molecule has 1 aliphatic carbocycles. The van der Waals surface area contributed by atoms with E-state index in [2.05, 4.69) is 28.7 Å². The molecule has 1 atom stereocenters. The molecule has 3 rings (SSSR count). The maximum absolute atomic E-state index is 11.1. The molecule has 0 radical (unpaired) electrons. The van der Waals surface area contributed by atoms with E-state index < -0.39 is 5.91 Å². The van der Waals surface area contributed by atoms with Gasteiger partial charge in [-0.05, 0) is 48.4 Å². The van der Waals surface area contributed by atoms with Crippen molar-refractivity contribution in [3.8, 4) is 11.6 Å². The van der Waals surface area contributed by atoms with Gasteiger partial charge in [0.05, 0.1) is 5.56 Å². The summed E-state index contributed by atoms with van der Waals surface area (Å²) in [5.41, 5.74) is 8.26. The first-order valence-electron chi connectivity index (χ1n) is 7.96. The first kappa shape index (κ1) is 16.8. The minimum Gasteiger partial charge on any atom is -0.439 e. The molecule has 126 valence electrons. The van der Waals surface area contributed by atoms with Gasteiger partial charge in [0.15, 0.2) is 0 Å². The third kappa shape index (κ3) is 3.88. The van der Waals surface area contributed by atoms with E-state index >= 15 is 0 Å². The van der Waals surface area contributed by atoms with Gasteiger partial charge in [-0.1, -0.05) is 6.07 Å². The van der Waals surface area contributed by atoms with Crippen LogP contribution in [0.1, 0.15) is 33.9 Å². The summed E-state index contributed by atoms with van der Waals surface area (Å²) in [5.74, 6) is 1.84. The van der Waals surface area contributed by atoms with Gasteiger partial charge >= 0.3 is 0 Å². The third-order valence-corrected chi connectivity index (χ3v) is 4.74. The molecular formula is C18H21N3O2S. The lowest BCUT2D eigenvalue weighted by Crippen LogP contribution is -2.21. The summed E-state index contributed by atoms with van der Waals surface area (Å²) in [7, 11) is 0. The summed E-state index contributed by atoms with van der Waals surface area (Å²) >= 11 is 1.85. The Labute approximate surface area is 146 Å². The maximum atomic E-state index is 11.1. The predicted molar refractivity (Wildman–Crippen MR) is 96.7 cm³/mol. The van der Waals surface area contributed by atoms with E-state index in [1.54, 1.807) is 12.1 Å². The molecule has 5 nitrogen and oxygen atoms in total. The van der Waals surface area contributed by atoms with Crippen molar-refractivity contribution in [2.75, 3.05) is 18.6 Å². The van der Waals surface area contributed by atoms with E-state index in [4.69, 9.17) is 10.5 Å². The van der Waals surface area contributed by atoms with Crippen LogP contribution in [0.3, 0.4) is 0 Å². The molecule has 1 aromatic carbocycles. The van der Waals surface area contributed by atoms with E-state index in [1.807, 2.05) is 17.8 Å². The van der Waals surface area contributed by atoms with Crippen molar-refractivity contribution in [1.82, 2.24) is 10.3 Å². The summed E-state index contributed by atoms with van der Waals surface area (Å²) in [6, 6.07) is 9.89. The van der Waals surface area contributed by atoms with Crippen molar-refractivity contribution in [3.63, 3.8) is 0 Å². The Morgan fingerprint density at radius 3 is 3.00 bits per heavy atom. The van der Waals surface area contributed by atoms with Crippen LogP contribution in [0.25, 0.3) is 0 Å². The van der Waals surface area contributed by atoms with Crippen molar-refractivity contribution in [1.29, 1.82) is 0 Å². The number of fused-ring (bicyclic) bond motifs is 1. The van der Waals surface area contributed by atoms with Gasteiger partial charge in [0.1, 0.15) is 5.75 Å². The van der Waals surface area contributed by atoms with Gasteiger partial charge in [-0.3, -0.25) is 4.79 Å². The molecule has 0 saturated heterocycles. The molecule has 0 spiro atoms. The number of nitrogens with one attached hydrogen (secondary N) is 1. The zero-order valence-electron chi connectivity index (χ0n) is 13.6. The normalized spacial score (nSPS) is 16.0. The molecule has 6 heteroatoms. The number of ether oxygens (including phenoxy) is 1. The zero-order valence-corrected chi connectivity index (χ0v) is 14.4. The summed E-state index contributed by atoms with van der Waals surface area (Å²) in [4.78, 5) is 15.2. The first-order chi connectivity index (χ1) is 11.7. The van der Waals surface area contributed by atoms with Crippen LogP contribution in [-0.2, 0) is 6.42 Å². The Morgan fingerprint density at radius 2 is 2.29 bits per heavy atom. The molecule has 1 amide bonds. The van der Waals surface area contributed by atoms with Crippen molar-refractivity contribution < 1.29 is 9.53 Å².